The Morgan fingerprint density at radius 1 is 0.688 bits per heavy atom. The lowest BCUT2D eigenvalue weighted by atomic mass is 10.1. The van der Waals surface area contributed by atoms with Crippen LogP contribution in [0.4, 0.5) is 17.6 Å². The van der Waals surface area contributed by atoms with Gasteiger partial charge in [0, 0.05) is 46.9 Å². The third kappa shape index (κ3) is 5.47. The molecule has 0 spiro atoms. The van der Waals surface area contributed by atoms with E-state index >= 15 is 0 Å². The summed E-state index contributed by atoms with van der Waals surface area (Å²) in [4.78, 5) is 23.9. The van der Waals surface area contributed by atoms with Crippen LogP contribution in [0.5, 0.6) is 6.01 Å². The smallest absolute Gasteiger partial charge is 0.319 e. The molecule has 10 heteroatoms. The molecule has 0 unspecified atom stereocenters. The SMILES string of the molecule is COCCNc1nc(N2CCCCC2)c2nc(OCCOC)nc(N3CCCCC3)c2n1. The molecular formula is C22H35N7O3. The van der Waals surface area contributed by atoms with Gasteiger partial charge in [-0.15, -0.1) is 0 Å². The van der Waals surface area contributed by atoms with Crippen molar-refractivity contribution in [1.82, 2.24) is 19.9 Å². The van der Waals surface area contributed by atoms with Gasteiger partial charge in [0.05, 0.1) is 13.2 Å². The maximum atomic E-state index is 5.86. The lowest BCUT2D eigenvalue weighted by Crippen LogP contribution is -2.32. The summed E-state index contributed by atoms with van der Waals surface area (Å²) in [6, 6.07) is 0.358. The summed E-state index contributed by atoms with van der Waals surface area (Å²) in [5, 5.41) is 3.31. The van der Waals surface area contributed by atoms with Crippen molar-refractivity contribution in [3.05, 3.63) is 0 Å². The van der Waals surface area contributed by atoms with Crippen molar-refractivity contribution in [2.24, 2.45) is 0 Å². The fourth-order valence-electron chi connectivity index (χ4n) is 4.24. The molecule has 1 N–H and O–H groups in total. The van der Waals surface area contributed by atoms with Crippen LogP contribution < -0.4 is 19.9 Å². The Bertz CT molecular complexity index is 799. The van der Waals surface area contributed by atoms with Crippen LogP contribution in [0.1, 0.15) is 38.5 Å². The van der Waals surface area contributed by atoms with Gasteiger partial charge in [-0.25, -0.2) is 4.98 Å². The fraction of sp³-hybridized carbons (Fsp3) is 0.727. The summed E-state index contributed by atoms with van der Waals surface area (Å²) in [7, 11) is 3.35. The average molecular weight is 446 g/mol. The first-order valence-corrected chi connectivity index (χ1v) is 11.7. The highest BCUT2D eigenvalue weighted by Gasteiger charge is 2.25. The van der Waals surface area contributed by atoms with Crippen LogP contribution in [0.2, 0.25) is 0 Å². The molecule has 0 radical (unpaired) electrons. The van der Waals surface area contributed by atoms with Crippen molar-refractivity contribution < 1.29 is 14.2 Å². The normalized spacial score (nSPS) is 17.1. The van der Waals surface area contributed by atoms with Crippen LogP contribution in [0.15, 0.2) is 0 Å². The topological polar surface area (TPSA) is 97.8 Å². The number of hydrogen-bond acceptors (Lipinski definition) is 10. The number of anilines is 3. The Morgan fingerprint density at radius 2 is 1.28 bits per heavy atom. The number of ether oxygens (including phenoxy) is 3. The molecule has 4 heterocycles. The zero-order chi connectivity index (χ0) is 22.2. The van der Waals surface area contributed by atoms with Gasteiger partial charge in [-0.3, -0.25) is 0 Å². The molecule has 4 rings (SSSR count). The first kappa shape index (κ1) is 22.7. The minimum absolute atomic E-state index is 0.358. The molecule has 0 saturated carbocycles. The van der Waals surface area contributed by atoms with E-state index in [0.717, 1.165) is 74.5 Å². The number of nitrogens with one attached hydrogen (secondary N) is 1. The van der Waals surface area contributed by atoms with Gasteiger partial charge in [-0.2, -0.15) is 15.0 Å². The molecule has 0 aromatic carbocycles. The standard InChI is InChI=1S/C22H35N7O3/c1-30-14-9-23-21-24-17-18(19(26-21)28-10-5-3-6-11-28)25-22(32-16-15-31-2)27-20(17)29-12-7-4-8-13-29/h3-16H2,1-2H3,(H,23,24,26). The first-order valence-electron chi connectivity index (χ1n) is 11.7. The molecular weight excluding hydrogens is 410 g/mol. The molecule has 176 valence electrons. The highest BCUT2D eigenvalue weighted by atomic mass is 16.5. The van der Waals surface area contributed by atoms with Crippen LogP contribution in [0, 0.1) is 0 Å². The Balaban J connectivity index is 1.80. The van der Waals surface area contributed by atoms with Crippen LogP contribution in [0.25, 0.3) is 11.0 Å². The highest BCUT2D eigenvalue weighted by molar-refractivity contribution is 5.94. The molecule has 2 aliphatic heterocycles. The number of methoxy groups -OCH3 is 2. The van der Waals surface area contributed by atoms with Crippen LogP contribution in [-0.2, 0) is 9.47 Å². The molecule has 0 amide bonds. The molecule has 0 aliphatic carbocycles. The summed E-state index contributed by atoms with van der Waals surface area (Å²) in [6.45, 7) is 5.95. The second kappa shape index (κ2) is 11.4. The van der Waals surface area contributed by atoms with Crippen molar-refractivity contribution in [3.63, 3.8) is 0 Å². The zero-order valence-corrected chi connectivity index (χ0v) is 19.3. The second-order valence-electron chi connectivity index (χ2n) is 8.25. The quantitative estimate of drug-likeness (QED) is 0.549. The van der Waals surface area contributed by atoms with E-state index in [0.29, 0.717) is 38.3 Å². The lowest BCUT2D eigenvalue weighted by molar-refractivity contribution is 0.141. The van der Waals surface area contributed by atoms with E-state index in [4.69, 9.17) is 34.1 Å². The molecule has 2 aliphatic rings. The van der Waals surface area contributed by atoms with Gasteiger partial charge in [-0.05, 0) is 38.5 Å². The van der Waals surface area contributed by atoms with Gasteiger partial charge >= 0.3 is 6.01 Å². The van der Waals surface area contributed by atoms with E-state index in [2.05, 4.69) is 15.1 Å². The molecule has 0 bridgehead atoms. The van der Waals surface area contributed by atoms with E-state index < -0.39 is 0 Å². The summed E-state index contributed by atoms with van der Waals surface area (Å²) in [6.07, 6.45) is 7.09. The van der Waals surface area contributed by atoms with E-state index in [1.54, 1.807) is 14.2 Å². The highest BCUT2D eigenvalue weighted by Crippen LogP contribution is 2.33. The number of rotatable bonds is 10. The average Bonchev–Trinajstić information content (AvgIpc) is 2.85. The van der Waals surface area contributed by atoms with Crippen molar-refractivity contribution >= 4 is 28.6 Å². The number of aromatic nitrogens is 4. The molecule has 2 aromatic heterocycles. The van der Waals surface area contributed by atoms with Crippen LogP contribution in [0.3, 0.4) is 0 Å². The van der Waals surface area contributed by atoms with Crippen LogP contribution in [-0.4, -0.2) is 86.7 Å². The summed E-state index contributed by atoms with van der Waals surface area (Å²) in [5.41, 5.74) is 1.54. The van der Waals surface area contributed by atoms with Gasteiger partial charge in [-0.1, -0.05) is 0 Å². The first-order chi connectivity index (χ1) is 15.8. The monoisotopic (exact) mass is 445 g/mol. The Kier molecular flexibility index (Phi) is 8.11. The minimum Gasteiger partial charge on any atom is -0.461 e. The van der Waals surface area contributed by atoms with Crippen molar-refractivity contribution in [2.75, 3.05) is 81.9 Å². The molecule has 0 atom stereocenters. The third-order valence-electron chi connectivity index (χ3n) is 5.91. The molecule has 10 nitrogen and oxygen atoms in total. The second-order valence-corrected chi connectivity index (χ2v) is 8.25. The van der Waals surface area contributed by atoms with Crippen LogP contribution >= 0.6 is 0 Å². The predicted molar refractivity (Wildman–Crippen MR) is 125 cm³/mol. The van der Waals surface area contributed by atoms with Gasteiger partial charge in [0.2, 0.25) is 5.95 Å². The molecule has 32 heavy (non-hydrogen) atoms. The summed E-state index contributed by atoms with van der Waals surface area (Å²) < 4.78 is 16.2. The summed E-state index contributed by atoms with van der Waals surface area (Å²) >= 11 is 0. The zero-order valence-electron chi connectivity index (χ0n) is 19.3. The number of hydrogen-bond donors (Lipinski definition) is 1. The maximum Gasteiger partial charge on any atom is 0.319 e. The van der Waals surface area contributed by atoms with Crippen molar-refractivity contribution in [2.45, 2.75) is 38.5 Å². The maximum absolute atomic E-state index is 5.86. The summed E-state index contributed by atoms with van der Waals surface area (Å²) in [5.74, 6) is 2.27. The van der Waals surface area contributed by atoms with Crippen molar-refractivity contribution in [3.8, 4) is 6.01 Å². The largest absolute Gasteiger partial charge is 0.461 e. The van der Waals surface area contributed by atoms with E-state index in [9.17, 15) is 0 Å². The van der Waals surface area contributed by atoms with Gasteiger partial charge in [0.25, 0.3) is 0 Å². The molecule has 2 fully saturated rings. The fourth-order valence-corrected chi connectivity index (χ4v) is 4.24. The Morgan fingerprint density at radius 3 is 1.91 bits per heavy atom. The molecule has 2 saturated heterocycles. The minimum atomic E-state index is 0.358. The number of fused-ring (bicyclic) bond motifs is 1. The third-order valence-corrected chi connectivity index (χ3v) is 5.91. The van der Waals surface area contributed by atoms with E-state index in [1.807, 2.05) is 0 Å². The van der Waals surface area contributed by atoms with E-state index in [1.165, 1.54) is 12.8 Å². The van der Waals surface area contributed by atoms with Gasteiger partial charge in [0.1, 0.15) is 17.6 Å². The van der Waals surface area contributed by atoms with E-state index in [-0.39, 0.29) is 0 Å². The number of nitrogens with zero attached hydrogens (tertiary/aromatic N) is 6. The van der Waals surface area contributed by atoms with Gasteiger partial charge < -0.3 is 29.3 Å². The van der Waals surface area contributed by atoms with Crippen molar-refractivity contribution in [1.29, 1.82) is 0 Å². The Labute approximate surface area is 189 Å². The van der Waals surface area contributed by atoms with Gasteiger partial charge in [0.15, 0.2) is 11.6 Å². The molecule has 2 aromatic rings. The Hall–Kier alpha value is -2.46. The lowest BCUT2D eigenvalue weighted by Gasteiger charge is -2.31. The number of piperidine rings is 2. The predicted octanol–water partition coefficient (Wildman–Crippen LogP) is 2.48.